The summed E-state index contributed by atoms with van der Waals surface area (Å²) in [5, 5.41) is 15.2. The minimum absolute atomic E-state index is 0.227. The number of nitrogens with one attached hydrogen (secondary N) is 1. The molecule has 0 spiro atoms. The van der Waals surface area contributed by atoms with Gasteiger partial charge in [0.1, 0.15) is 11.7 Å². The van der Waals surface area contributed by atoms with Crippen molar-refractivity contribution in [3.8, 4) is 0 Å². The van der Waals surface area contributed by atoms with E-state index in [-0.39, 0.29) is 5.69 Å². The first-order chi connectivity index (χ1) is 7.54. The Morgan fingerprint density at radius 2 is 2.31 bits per heavy atom. The van der Waals surface area contributed by atoms with Crippen molar-refractivity contribution in [2.24, 2.45) is 7.05 Å². The summed E-state index contributed by atoms with van der Waals surface area (Å²) in [5.74, 6) is -1.48. The van der Waals surface area contributed by atoms with Gasteiger partial charge in [0.25, 0.3) is 5.91 Å². The summed E-state index contributed by atoms with van der Waals surface area (Å²) in [4.78, 5) is 22.4. The molecule has 6 nitrogen and oxygen atoms in total. The summed E-state index contributed by atoms with van der Waals surface area (Å²) >= 11 is 0. The number of aliphatic carboxylic acids is 1. The second-order valence-electron chi connectivity index (χ2n) is 3.53. The number of carboxylic acids is 1. The molecule has 0 aliphatic rings. The monoisotopic (exact) mass is 225 g/mol. The topological polar surface area (TPSA) is 84.2 Å². The maximum absolute atomic E-state index is 11.6. The molecular weight excluding hydrogens is 210 g/mol. The van der Waals surface area contributed by atoms with Crippen molar-refractivity contribution in [3.63, 3.8) is 0 Å². The second-order valence-corrected chi connectivity index (χ2v) is 3.53. The van der Waals surface area contributed by atoms with Gasteiger partial charge in [0.2, 0.25) is 0 Å². The van der Waals surface area contributed by atoms with Crippen molar-refractivity contribution >= 4 is 11.9 Å². The Morgan fingerprint density at radius 1 is 1.62 bits per heavy atom. The third kappa shape index (κ3) is 3.08. The van der Waals surface area contributed by atoms with Crippen LogP contribution in [-0.2, 0) is 11.8 Å². The highest BCUT2D eigenvalue weighted by atomic mass is 16.4. The molecule has 1 atom stereocenters. The zero-order chi connectivity index (χ0) is 12.1. The van der Waals surface area contributed by atoms with Crippen LogP contribution in [0.25, 0.3) is 0 Å². The molecule has 0 radical (unpaired) electrons. The molecule has 1 rings (SSSR count). The number of carbonyl (C=O) groups is 2. The average Bonchev–Trinajstić information content (AvgIpc) is 2.64. The first-order valence-electron chi connectivity index (χ1n) is 5.08. The second kappa shape index (κ2) is 5.29. The van der Waals surface area contributed by atoms with E-state index in [9.17, 15) is 9.59 Å². The lowest BCUT2D eigenvalue weighted by Gasteiger charge is -2.12. The van der Waals surface area contributed by atoms with Crippen LogP contribution < -0.4 is 5.32 Å². The van der Waals surface area contributed by atoms with Gasteiger partial charge in [-0.1, -0.05) is 13.3 Å². The largest absolute Gasteiger partial charge is 0.480 e. The van der Waals surface area contributed by atoms with E-state index in [0.29, 0.717) is 12.8 Å². The minimum Gasteiger partial charge on any atom is -0.480 e. The Hall–Kier alpha value is -1.85. The van der Waals surface area contributed by atoms with Crippen LogP contribution in [-0.4, -0.2) is 32.8 Å². The maximum atomic E-state index is 11.6. The Morgan fingerprint density at radius 3 is 2.75 bits per heavy atom. The number of aromatic nitrogens is 2. The molecule has 0 aliphatic carbocycles. The number of amides is 1. The molecule has 0 unspecified atom stereocenters. The lowest BCUT2D eigenvalue weighted by atomic mass is 10.1. The van der Waals surface area contributed by atoms with Gasteiger partial charge in [0, 0.05) is 13.2 Å². The van der Waals surface area contributed by atoms with Crippen molar-refractivity contribution in [1.82, 2.24) is 15.1 Å². The van der Waals surface area contributed by atoms with Gasteiger partial charge in [-0.05, 0) is 12.5 Å². The van der Waals surface area contributed by atoms with Crippen LogP contribution in [0.3, 0.4) is 0 Å². The van der Waals surface area contributed by atoms with E-state index >= 15 is 0 Å². The maximum Gasteiger partial charge on any atom is 0.326 e. The quantitative estimate of drug-likeness (QED) is 0.759. The van der Waals surface area contributed by atoms with Gasteiger partial charge in [-0.15, -0.1) is 0 Å². The standard InChI is InChI=1S/C10H15N3O3/c1-3-4-8(10(15)16)11-9(14)7-5-6-13(2)12-7/h5-6,8H,3-4H2,1-2H3,(H,11,14)(H,15,16)/t8-/m1/s1. The number of rotatable bonds is 5. The lowest BCUT2D eigenvalue weighted by molar-refractivity contribution is -0.139. The fourth-order valence-corrected chi connectivity index (χ4v) is 1.31. The van der Waals surface area contributed by atoms with Crippen molar-refractivity contribution < 1.29 is 14.7 Å². The molecular formula is C10H15N3O3. The number of aryl methyl sites for hydroxylation is 1. The molecule has 0 bridgehead atoms. The van der Waals surface area contributed by atoms with Crippen molar-refractivity contribution in [3.05, 3.63) is 18.0 Å². The van der Waals surface area contributed by atoms with E-state index in [0.717, 1.165) is 0 Å². The predicted octanol–water partition coefficient (Wildman–Crippen LogP) is 0.403. The SMILES string of the molecule is CCC[C@@H](NC(=O)c1ccn(C)n1)C(=O)O. The van der Waals surface area contributed by atoms with Crippen LogP contribution in [0.1, 0.15) is 30.3 Å². The predicted molar refractivity (Wildman–Crippen MR) is 57.0 cm³/mol. The summed E-state index contributed by atoms with van der Waals surface area (Å²) in [5.41, 5.74) is 0.227. The fraction of sp³-hybridized carbons (Fsp3) is 0.500. The van der Waals surface area contributed by atoms with Gasteiger partial charge in [0.05, 0.1) is 0 Å². The van der Waals surface area contributed by atoms with E-state index in [4.69, 9.17) is 5.11 Å². The Balaban J connectivity index is 2.65. The van der Waals surface area contributed by atoms with Crippen LogP contribution in [0.2, 0.25) is 0 Å². The molecule has 1 amide bonds. The number of hydrogen-bond donors (Lipinski definition) is 2. The van der Waals surface area contributed by atoms with E-state index in [1.54, 1.807) is 19.3 Å². The highest BCUT2D eigenvalue weighted by molar-refractivity contribution is 5.94. The third-order valence-electron chi connectivity index (χ3n) is 2.13. The van der Waals surface area contributed by atoms with E-state index in [1.165, 1.54) is 4.68 Å². The number of nitrogens with zero attached hydrogens (tertiary/aromatic N) is 2. The van der Waals surface area contributed by atoms with Gasteiger partial charge < -0.3 is 10.4 Å². The molecule has 88 valence electrons. The Labute approximate surface area is 93.3 Å². The molecule has 2 N–H and O–H groups in total. The summed E-state index contributed by atoms with van der Waals surface area (Å²) in [6, 6.07) is 0.694. The van der Waals surface area contributed by atoms with Gasteiger partial charge in [-0.3, -0.25) is 9.48 Å². The molecule has 0 fully saturated rings. The smallest absolute Gasteiger partial charge is 0.326 e. The summed E-state index contributed by atoms with van der Waals surface area (Å²) < 4.78 is 1.49. The van der Waals surface area contributed by atoms with Crippen LogP contribution >= 0.6 is 0 Å². The summed E-state index contributed by atoms with van der Waals surface area (Å²) in [7, 11) is 1.69. The molecule has 0 saturated carbocycles. The first kappa shape index (κ1) is 12.2. The highest BCUT2D eigenvalue weighted by Crippen LogP contribution is 2.00. The van der Waals surface area contributed by atoms with E-state index in [2.05, 4.69) is 10.4 Å². The van der Waals surface area contributed by atoms with Crippen LogP contribution in [0.15, 0.2) is 12.3 Å². The van der Waals surface area contributed by atoms with Crippen LogP contribution in [0.4, 0.5) is 0 Å². The number of hydrogen-bond acceptors (Lipinski definition) is 3. The van der Waals surface area contributed by atoms with E-state index < -0.39 is 17.9 Å². The molecule has 0 saturated heterocycles. The van der Waals surface area contributed by atoms with Crippen molar-refractivity contribution in [2.75, 3.05) is 0 Å². The van der Waals surface area contributed by atoms with Gasteiger partial charge in [-0.2, -0.15) is 5.10 Å². The normalized spacial score (nSPS) is 12.1. The minimum atomic E-state index is -1.02. The molecule has 6 heteroatoms. The molecule has 1 aromatic heterocycles. The molecule has 1 heterocycles. The Bertz CT molecular complexity index is 386. The molecule has 0 aliphatic heterocycles. The zero-order valence-corrected chi connectivity index (χ0v) is 9.30. The zero-order valence-electron chi connectivity index (χ0n) is 9.30. The average molecular weight is 225 g/mol. The fourth-order valence-electron chi connectivity index (χ4n) is 1.31. The molecule has 16 heavy (non-hydrogen) atoms. The number of carbonyl (C=O) groups excluding carboxylic acids is 1. The number of carboxylic acid groups (broad SMARTS) is 1. The van der Waals surface area contributed by atoms with Gasteiger partial charge >= 0.3 is 5.97 Å². The first-order valence-corrected chi connectivity index (χ1v) is 5.08. The van der Waals surface area contributed by atoms with Gasteiger partial charge in [-0.25, -0.2) is 4.79 Å². The van der Waals surface area contributed by atoms with Crippen molar-refractivity contribution in [2.45, 2.75) is 25.8 Å². The summed E-state index contributed by atoms with van der Waals surface area (Å²) in [6.07, 6.45) is 2.73. The van der Waals surface area contributed by atoms with Crippen LogP contribution in [0.5, 0.6) is 0 Å². The van der Waals surface area contributed by atoms with Crippen molar-refractivity contribution in [1.29, 1.82) is 0 Å². The Kier molecular flexibility index (Phi) is 4.04. The lowest BCUT2D eigenvalue weighted by Crippen LogP contribution is -2.40. The van der Waals surface area contributed by atoms with Gasteiger partial charge in [0.15, 0.2) is 0 Å². The molecule has 1 aromatic rings. The third-order valence-corrected chi connectivity index (χ3v) is 2.13. The highest BCUT2D eigenvalue weighted by Gasteiger charge is 2.20. The summed E-state index contributed by atoms with van der Waals surface area (Å²) in [6.45, 7) is 1.86. The van der Waals surface area contributed by atoms with Crippen LogP contribution in [0, 0.1) is 0 Å². The van der Waals surface area contributed by atoms with E-state index in [1.807, 2.05) is 6.92 Å². The molecule has 0 aromatic carbocycles.